The molecule has 0 aliphatic heterocycles. The summed E-state index contributed by atoms with van der Waals surface area (Å²) in [6, 6.07) is 13.2. The lowest BCUT2D eigenvalue weighted by molar-refractivity contribution is 0.621. The van der Waals surface area contributed by atoms with Crippen LogP contribution in [-0.4, -0.2) is 0 Å². The maximum Gasteiger partial charge on any atom is 0.124 e. The van der Waals surface area contributed by atoms with Crippen molar-refractivity contribution in [3.8, 4) is 0 Å². The summed E-state index contributed by atoms with van der Waals surface area (Å²) in [6.07, 6.45) is 0. The van der Waals surface area contributed by atoms with Crippen molar-refractivity contribution < 1.29 is 4.39 Å². The van der Waals surface area contributed by atoms with Gasteiger partial charge in [-0.1, -0.05) is 24.3 Å². The highest BCUT2D eigenvalue weighted by Crippen LogP contribution is 2.25. The highest BCUT2D eigenvalue weighted by atomic mass is 32.2. The van der Waals surface area contributed by atoms with Crippen LogP contribution in [0, 0.1) is 12.7 Å². The number of halogens is 1. The minimum absolute atomic E-state index is 0.217. The molecule has 2 rings (SSSR count). The average molecular weight is 261 g/mol. The summed E-state index contributed by atoms with van der Waals surface area (Å²) in [5.74, 6) is 0.630. The molecule has 2 aromatic carbocycles. The van der Waals surface area contributed by atoms with Gasteiger partial charge in [-0.05, 0) is 41.8 Å². The summed E-state index contributed by atoms with van der Waals surface area (Å²) in [5.41, 5.74) is 8.92. The predicted octanol–water partition coefficient (Wildman–Crippen LogP) is 3.89. The first-order chi connectivity index (χ1) is 8.69. The normalized spacial score (nSPS) is 10.6. The van der Waals surface area contributed by atoms with E-state index in [-0.39, 0.29) is 5.82 Å². The van der Waals surface area contributed by atoms with E-state index < -0.39 is 0 Å². The van der Waals surface area contributed by atoms with Gasteiger partial charge in [0.15, 0.2) is 0 Å². The molecule has 94 valence electrons. The van der Waals surface area contributed by atoms with Gasteiger partial charge in [-0.2, -0.15) is 0 Å². The number of thioether (sulfide) groups is 1. The van der Waals surface area contributed by atoms with E-state index in [2.05, 4.69) is 19.1 Å². The van der Waals surface area contributed by atoms with Crippen molar-refractivity contribution in [1.29, 1.82) is 0 Å². The van der Waals surface area contributed by atoms with E-state index in [1.54, 1.807) is 17.8 Å². The number of hydrogen-bond donors (Lipinski definition) is 1. The molecule has 0 saturated heterocycles. The van der Waals surface area contributed by atoms with Crippen LogP contribution >= 0.6 is 11.8 Å². The van der Waals surface area contributed by atoms with Crippen LogP contribution in [0.2, 0.25) is 0 Å². The predicted molar refractivity (Wildman–Crippen MR) is 75.0 cm³/mol. The third-order valence-electron chi connectivity index (χ3n) is 2.82. The molecule has 3 heteroatoms. The van der Waals surface area contributed by atoms with Gasteiger partial charge in [-0.25, -0.2) is 4.39 Å². The fourth-order valence-corrected chi connectivity index (χ4v) is 2.83. The molecule has 0 unspecified atom stereocenters. The Morgan fingerprint density at radius 2 is 1.94 bits per heavy atom. The third kappa shape index (κ3) is 3.34. The number of nitrogens with two attached hydrogens (primary N) is 1. The van der Waals surface area contributed by atoms with Gasteiger partial charge < -0.3 is 5.73 Å². The van der Waals surface area contributed by atoms with Crippen LogP contribution in [0.4, 0.5) is 4.39 Å². The SMILES string of the molecule is Cc1ccccc1CSc1cc(F)cc(CN)c1. The Morgan fingerprint density at radius 1 is 1.17 bits per heavy atom. The van der Waals surface area contributed by atoms with Gasteiger partial charge in [0.1, 0.15) is 5.82 Å². The minimum Gasteiger partial charge on any atom is -0.326 e. The zero-order valence-electron chi connectivity index (χ0n) is 10.3. The maximum absolute atomic E-state index is 13.4. The molecule has 2 aromatic rings. The molecule has 0 amide bonds. The second-order valence-electron chi connectivity index (χ2n) is 4.21. The molecule has 0 radical (unpaired) electrons. The lowest BCUT2D eigenvalue weighted by Crippen LogP contribution is -1.97. The summed E-state index contributed by atoms with van der Waals surface area (Å²) >= 11 is 1.64. The summed E-state index contributed by atoms with van der Waals surface area (Å²) in [6.45, 7) is 2.46. The lowest BCUT2D eigenvalue weighted by Gasteiger charge is -2.07. The van der Waals surface area contributed by atoms with Crippen LogP contribution < -0.4 is 5.73 Å². The minimum atomic E-state index is -0.217. The van der Waals surface area contributed by atoms with E-state index in [0.29, 0.717) is 6.54 Å². The van der Waals surface area contributed by atoms with Crippen molar-refractivity contribution >= 4 is 11.8 Å². The fourth-order valence-electron chi connectivity index (χ4n) is 1.76. The largest absolute Gasteiger partial charge is 0.326 e. The number of rotatable bonds is 4. The standard InChI is InChI=1S/C15H16FNS/c1-11-4-2-3-5-13(11)10-18-15-7-12(9-17)6-14(16)8-15/h2-8H,9-10,17H2,1H3. The van der Waals surface area contributed by atoms with Crippen LogP contribution in [0.1, 0.15) is 16.7 Å². The molecule has 2 N–H and O–H groups in total. The van der Waals surface area contributed by atoms with Crippen molar-refractivity contribution in [3.63, 3.8) is 0 Å². The van der Waals surface area contributed by atoms with Crippen molar-refractivity contribution in [3.05, 3.63) is 65.0 Å². The molecule has 0 aliphatic rings. The molecule has 0 aromatic heterocycles. The highest BCUT2D eigenvalue weighted by Gasteiger charge is 2.03. The van der Waals surface area contributed by atoms with Crippen LogP contribution in [0.25, 0.3) is 0 Å². The number of aryl methyl sites for hydroxylation is 1. The summed E-state index contributed by atoms with van der Waals surface area (Å²) in [4.78, 5) is 0.929. The zero-order chi connectivity index (χ0) is 13.0. The summed E-state index contributed by atoms with van der Waals surface area (Å²) < 4.78 is 13.4. The molecular weight excluding hydrogens is 245 g/mol. The molecule has 0 saturated carbocycles. The first-order valence-electron chi connectivity index (χ1n) is 5.86. The van der Waals surface area contributed by atoms with Crippen LogP contribution in [0.3, 0.4) is 0 Å². The molecule has 0 aliphatic carbocycles. The average Bonchev–Trinajstić information content (AvgIpc) is 2.37. The smallest absolute Gasteiger partial charge is 0.124 e. The van der Waals surface area contributed by atoms with Gasteiger partial charge in [0.2, 0.25) is 0 Å². The maximum atomic E-state index is 13.4. The van der Waals surface area contributed by atoms with E-state index in [4.69, 9.17) is 5.73 Å². The molecule has 1 nitrogen and oxygen atoms in total. The Labute approximate surface area is 111 Å². The lowest BCUT2D eigenvalue weighted by atomic mass is 10.1. The van der Waals surface area contributed by atoms with Crippen molar-refractivity contribution in [1.82, 2.24) is 0 Å². The summed E-state index contributed by atoms with van der Waals surface area (Å²) in [5, 5.41) is 0. The van der Waals surface area contributed by atoms with Crippen LogP contribution in [-0.2, 0) is 12.3 Å². The van der Waals surface area contributed by atoms with Gasteiger partial charge in [0.25, 0.3) is 0 Å². The Hall–Kier alpha value is -1.32. The first-order valence-corrected chi connectivity index (χ1v) is 6.84. The van der Waals surface area contributed by atoms with Crippen LogP contribution in [0.15, 0.2) is 47.4 Å². The van der Waals surface area contributed by atoms with Gasteiger partial charge in [-0.15, -0.1) is 11.8 Å². The number of benzene rings is 2. The molecule has 0 bridgehead atoms. The Balaban J connectivity index is 2.11. The third-order valence-corrected chi connectivity index (χ3v) is 3.85. The quantitative estimate of drug-likeness (QED) is 0.845. The molecule has 0 spiro atoms. The van der Waals surface area contributed by atoms with Crippen molar-refractivity contribution in [2.24, 2.45) is 5.73 Å². The van der Waals surface area contributed by atoms with E-state index in [0.717, 1.165) is 16.2 Å². The van der Waals surface area contributed by atoms with Crippen LogP contribution in [0.5, 0.6) is 0 Å². The molecular formula is C15H16FNS. The number of hydrogen-bond acceptors (Lipinski definition) is 2. The molecule has 0 fully saturated rings. The second kappa shape index (κ2) is 6.03. The Bertz CT molecular complexity index is 540. The van der Waals surface area contributed by atoms with Crippen molar-refractivity contribution in [2.75, 3.05) is 0 Å². The van der Waals surface area contributed by atoms with Gasteiger partial charge in [-0.3, -0.25) is 0 Å². The Kier molecular flexibility index (Phi) is 4.39. The molecule has 18 heavy (non-hydrogen) atoms. The molecule has 0 heterocycles. The first kappa shape index (κ1) is 13.1. The Morgan fingerprint density at radius 3 is 2.67 bits per heavy atom. The van der Waals surface area contributed by atoms with E-state index in [1.165, 1.54) is 17.2 Å². The van der Waals surface area contributed by atoms with E-state index in [9.17, 15) is 4.39 Å². The monoisotopic (exact) mass is 261 g/mol. The fraction of sp³-hybridized carbons (Fsp3) is 0.200. The van der Waals surface area contributed by atoms with E-state index >= 15 is 0 Å². The highest BCUT2D eigenvalue weighted by molar-refractivity contribution is 7.98. The summed E-state index contributed by atoms with van der Waals surface area (Å²) in [7, 11) is 0. The van der Waals surface area contributed by atoms with Gasteiger partial charge in [0.05, 0.1) is 0 Å². The van der Waals surface area contributed by atoms with Crippen molar-refractivity contribution in [2.45, 2.75) is 24.1 Å². The molecule has 0 atom stereocenters. The van der Waals surface area contributed by atoms with Gasteiger partial charge in [0, 0.05) is 17.2 Å². The second-order valence-corrected chi connectivity index (χ2v) is 5.26. The van der Waals surface area contributed by atoms with E-state index in [1.807, 2.05) is 18.2 Å². The zero-order valence-corrected chi connectivity index (χ0v) is 11.1. The van der Waals surface area contributed by atoms with Gasteiger partial charge >= 0.3 is 0 Å². The topological polar surface area (TPSA) is 26.0 Å².